The Labute approximate surface area is 435 Å². The molecule has 0 aromatic rings. The number of nitrogens with one attached hydrogen (secondary N) is 1. The molecule has 4 heteroatoms. The van der Waals surface area contributed by atoms with E-state index in [9.17, 15) is 15.0 Å². The normalized spacial score (nSPS) is 12.7. The lowest BCUT2D eigenvalue weighted by Crippen LogP contribution is -2.45. The highest BCUT2D eigenvalue weighted by molar-refractivity contribution is 5.76. The molecule has 0 saturated heterocycles. The molecule has 2 unspecified atom stereocenters. The van der Waals surface area contributed by atoms with Gasteiger partial charge in [-0.15, -0.1) is 0 Å². The Kier molecular flexibility index (Phi) is 60.7. The predicted octanol–water partition coefficient (Wildman–Crippen LogP) is 21.7. The highest BCUT2D eigenvalue weighted by atomic mass is 16.3. The van der Waals surface area contributed by atoms with Crippen molar-refractivity contribution in [3.8, 4) is 0 Å². The average molecular weight is 973 g/mol. The maximum absolute atomic E-state index is 12.5. The number of carbonyl (C=O) groups is 1. The van der Waals surface area contributed by atoms with Crippen molar-refractivity contribution < 1.29 is 15.0 Å². The van der Waals surface area contributed by atoms with Crippen molar-refractivity contribution in [3.63, 3.8) is 0 Å². The van der Waals surface area contributed by atoms with Gasteiger partial charge in [-0.25, -0.2) is 0 Å². The third-order valence-corrected chi connectivity index (χ3v) is 15.5. The summed E-state index contributed by atoms with van der Waals surface area (Å²) in [5.41, 5.74) is 0. The first-order valence-corrected chi connectivity index (χ1v) is 32.4. The quantitative estimate of drug-likeness (QED) is 0.0420. The van der Waals surface area contributed by atoms with Crippen LogP contribution in [0.1, 0.15) is 380 Å². The summed E-state index contributed by atoms with van der Waals surface area (Å²) in [7, 11) is 0. The molecule has 0 fully saturated rings. The lowest BCUT2D eigenvalue weighted by molar-refractivity contribution is -0.123. The lowest BCUT2D eigenvalue weighted by atomic mass is 10.0. The van der Waals surface area contributed by atoms with Gasteiger partial charge in [-0.1, -0.05) is 347 Å². The molecule has 0 rings (SSSR count). The SMILES string of the molecule is CCCCCCCCCCCCCCCC/C=C\CCCCCCCCCCCCCCCCCCCC(=O)NC(CO)C(O)CCCCCCCCCCCCCCCCCCCCCCCC. The number of hydrogen-bond donors (Lipinski definition) is 3. The van der Waals surface area contributed by atoms with Gasteiger partial charge in [0.25, 0.3) is 0 Å². The Morgan fingerprint density at radius 2 is 0.551 bits per heavy atom. The van der Waals surface area contributed by atoms with E-state index in [1.165, 1.54) is 327 Å². The van der Waals surface area contributed by atoms with E-state index in [2.05, 4.69) is 31.3 Å². The molecule has 0 heterocycles. The number of carbonyl (C=O) groups excluding carboxylic acids is 1. The van der Waals surface area contributed by atoms with Crippen LogP contribution in [-0.4, -0.2) is 34.9 Å². The minimum Gasteiger partial charge on any atom is -0.394 e. The molecule has 0 aromatic heterocycles. The van der Waals surface area contributed by atoms with Gasteiger partial charge in [0.05, 0.1) is 18.8 Å². The van der Waals surface area contributed by atoms with Crippen LogP contribution in [0.2, 0.25) is 0 Å². The number of aliphatic hydroxyl groups excluding tert-OH is 2. The first-order valence-electron chi connectivity index (χ1n) is 32.4. The van der Waals surface area contributed by atoms with Crippen molar-refractivity contribution in [2.75, 3.05) is 6.61 Å². The molecular formula is C65H129NO3. The summed E-state index contributed by atoms with van der Waals surface area (Å²) in [4.78, 5) is 12.5. The third kappa shape index (κ3) is 57.9. The van der Waals surface area contributed by atoms with Gasteiger partial charge in [0.15, 0.2) is 0 Å². The molecule has 69 heavy (non-hydrogen) atoms. The van der Waals surface area contributed by atoms with Gasteiger partial charge in [0, 0.05) is 6.42 Å². The van der Waals surface area contributed by atoms with E-state index in [1.54, 1.807) is 0 Å². The summed E-state index contributed by atoms with van der Waals surface area (Å²) in [6.07, 6.45) is 81.0. The van der Waals surface area contributed by atoms with Crippen molar-refractivity contribution in [3.05, 3.63) is 12.2 Å². The molecule has 4 nitrogen and oxygen atoms in total. The molecule has 1 amide bonds. The number of allylic oxidation sites excluding steroid dienone is 2. The Morgan fingerprint density at radius 3 is 0.797 bits per heavy atom. The average Bonchev–Trinajstić information content (AvgIpc) is 3.35. The second-order valence-electron chi connectivity index (χ2n) is 22.5. The first-order chi connectivity index (χ1) is 34.2. The summed E-state index contributed by atoms with van der Waals surface area (Å²) < 4.78 is 0. The summed E-state index contributed by atoms with van der Waals surface area (Å²) >= 11 is 0. The molecule has 0 aliphatic heterocycles. The van der Waals surface area contributed by atoms with Crippen LogP contribution in [0.4, 0.5) is 0 Å². The molecule has 0 aromatic carbocycles. The van der Waals surface area contributed by atoms with Crippen LogP contribution in [0.25, 0.3) is 0 Å². The Morgan fingerprint density at radius 1 is 0.333 bits per heavy atom. The van der Waals surface area contributed by atoms with E-state index in [0.29, 0.717) is 12.8 Å². The second-order valence-corrected chi connectivity index (χ2v) is 22.5. The van der Waals surface area contributed by atoms with Gasteiger partial charge in [-0.05, 0) is 38.5 Å². The summed E-state index contributed by atoms with van der Waals surface area (Å²) in [6, 6.07) is -0.534. The van der Waals surface area contributed by atoms with Crippen molar-refractivity contribution in [1.82, 2.24) is 5.32 Å². The van der Waals surface area contributed by atoms with Crippen LogP contribution < -0.4 is 5.32 Å². The largest absolute Gasteiger partial charge is 0.394 e. The Hall–Kier alpha value is -0.870. The van der Waals surface area contributed by atoms with Gasteiger partial charge < -0.3 is 15.5 Å². The van der Waals surface area contributed by atoms with Gasteiger partial charge >= 0.3 is 0 Å². The Bertz CT molecular complexity index is 967. The van der Waals surface area contributed by atoms with Crippen LogP contribution in [0, 0.1) is 0 Å². The molecule has 0 bridgehead atoms. The van der Waals surface area contributed by atoms with Crippen LogP contribution in [0.15, 0.2) is 12.2 Å². The highest BCUT2D eigenvalue weighted by Crippen LogP contribution is 2.19. The van der Waals surface area contributed by atoms with E-state index < -0.39 is 12.1 Å². The number of amides is 1. The monoisotopic (exact) mass is 972 g/mol. The van der Waals surface area contributed by atoms with Crippen molar-refractivity contribution in [1.29, 1.82) is 0 Å². The molecular weight excluding hydrogens is 843 g/mol. The van der Waals surface area contributed by atoms with Gasteiger partial charge in [-0.2, -0.15) is 0 Å². The van der Waals surface area contributed by atoms with Gasteiger partial charge in [0.1, 0.15) is 0 Å². The minimum atomic E-state index is -0.657. The zero-order valence-corrected chi connectivity index (χ0v) is 47.6. The van der Waals surface area contributed by atoms with Crippen molar-refractivity contribution >= 4 is 5.91 Å². The fourth-order valence-corrected chi connectivity index (χ4v) is 10.6. The predicted molar refractivity (Wildman–Crippen MR) is 309 cm³/mol. The van der Waals surface area contributed by atoms with E-state index in [1.807, 2.05) is 0 Å². The molecule has 0 aliphatic rings. The van der Waals surface area contributed by atoms with Crippen LogP contribution >= 0.6 is 0 Å². The first kappa shape index (κ1) is 68.1. The number of hydrogen-bond acceptors (Lipinski definition) is 3. The molecule has 0 radical (unpaired) electrons. The summed E-state index contributed by atoms with van der Waals surface area (Å²) in [5, 5.41) is 23.4. The minimum absolute atomic E-state index is 0.0223. The molecule has 412 valence electrons. The molecule has 0 saturated carbocycles. The lowest BCUT2D eigenvalue weighted by Gasteiger charge is -2.22. The van der Waals surface area contributed by atoms with Gasteiger partial charge in [-0.3, -0.25) is 4.79 Å². The zero-order chi connectivity index (χ0) is 49.9. The van der Waals surface area contributed by atoms with Crippen molar-refractivity contribution in [2.24, 2.45) is 0 Å². The maximum atomic E-state index is 12.5. The van der Waals surface area contributed by atoms with E-state index in [-0.39, 0.29) is 12.5 Å². The fourth-order valence-electron chi connectivity index (χ4n) is 10.6. The number of unbranched alkanes of at least 4 members (excludes halogenated alkanes) is 52. The highest BCUT2D eigenvalue weighted by Gasteiger charge is 2.20. The zero-order valence-electron chi connectivity index (χ0n) is 47.6. The molecule has 2 atom stereocenters. The summed E-state index contributed by atoms with van der Waals surface area (Å²) in [6.45, 7) is 4.41. The van der Waals surface area contributed by atoms with E-state index in [0.717, 1.165) is 25.7 Å². The number of rotatable bonds is 61. The molecule has 0 spiro atoms. The standard InChI is InChI=1S/C65H129NO3/c1-3-5-7-9-11-13-15-17-19-21-23-25-27-28-29-30-31-32-33-34-35-36-37-38-39-41-43-45-47-49-51-53-55-57-59-61-65(69)66-63(62-67)64(68)60-58-56-54-52-50-48-46-44-42-40-26-24-22-20-18-16-14-12-10-8-6-4-2/h30-31,63-64,67-68H,3-29,32-62H2,1-2H3,(H,66,69)/b31-30-. The van der Waals surface area contributed by atoms with Crippen LogP contribution in [0.3, 0.4) is 0 Å². The molecule has 0 aliphatic carbocycles. The summed E-state index contributed by atoms with van der Waals surface area (Å²) in [5.74, 6) is -0.0223. The van der Waals surface area contributed by atoms with Crippen LogP contribution in [-0.2, 0) is 4.79 Å². The van der Waals surface area contributed by atoms with E-state index >= 15 is 0 Å². The van der Waals surface area contributed by atoms with Crippen molar-refractivity contribution in [2.45, 2.75) is 392 Å². The second kappa shape index (κ2) is 61.4. The topological polar surface area (TPSA) is 69.6 Å². The fraction of sp³-hybridized carbons (Fsp3) is 0.954. The Balaban J connectivity index is 3.38. The van der Waals surface area contributed by atoms with Crippen LogP contribution in [0.5, 0.6) is 0 Å². The molecule has 3 N–H and O–H groups in total. The smallest absolute Gasteiger partial charge is 0.220 e. The van der Waals surface area contributed by atoms with Gasteiger partial charge in [0.2, 0.25) is 5.91 Å². The number of aliphatic hydroxyl groups is 2. The maximum Gasteiger partial charge on any atom is 0.220 e. The third-order valence-electron chi connectivity index (χ3n) is 15.5. The van der Waals surface area contributed by atoms with E-state index in [4.69, 9.17) is 0 Å².